The van der Waals surface area contributed by atoms with Crippen LogP contribution in [-0.4, -0.2) is 147 Å². The molecular formula is C52H74N10O16S. The number of amides is 11. The zero-order valence-electron chi connectivity index (χ0n) is 46.0. The lowest BCUT2D eigenvalue weighted by Crippen LogP contribution is -2.56. The fraction of sp³-hybridized carbons (Fsp3) is 0.538. The normalized spacial score (nSPS) is 15.0. The molecule has 1 unspecified atom stereocenters. The van der Waals surface area contributed by atoms with E-state index in [9.17, 15) is 61.5 Å². The summed E-state index contributed by atoms with van der Waals surface area (Å²) in [6.07, 6.45) is 1.59. The van der Waals surface area contributed by atoms with Crippen molar-refractivity contribution >= 4 is 69.6 Å². The van der Waals surface area contributed by atoms with E-state index < -0.39 is 112 Å². The Kier molecular flexibility index (Phi) is 22.6. The van der Waals surface area contributed by atoms with Crippen molar-refractivity contribution in [1.82, 2.24) is 46.8 Å². The van der Waals surface area contributed by atoms with Crippen LogP contribution < -0.4 is 52.4 Å². The highest BCUT2D eigenvalue weighted by Gasteiger charge is 2.38. The summed E-state index contributed by atoms with van der Waals surface area (Å²) in [5, 5.41) is 27.6. The number of aromatic hydroxyl groups is 1. The van der Waals surface area contributed by atoms with Gasteiger partial charge in [-0.2, -0.15) is 0 Å². The Morgan fingerprint density at radius 2 is 1.28 bits per heavy atom. The van der Waals surface area contributed by atoms with Crippen LogP contribution in [0.3, 0.4) is 0 Å². The molecule has 0 spiro atoms. The molecule has 2 heterocycles. The van der Waals surface area contributed by atoms with Gasteiger partial charge in [0.1, 0.15) is 53.4 Å². The Hall–Kier alpha value is -7.97. The number of rotatable bonds is 27. The molecule has 79 heavy (non-hydrogen) atoms. The van der Waals surface area contributed by atoms with E-state index >= 15 is 0 Å². The van der Waals surface area contributed by atoms with E-state index in [-0.39, 0.29) is 81.6 Å². The van der Waals surface area contributed by atoms with Crippen molar-refractivity contribution in [3.05, 3.63) is 64.2 Å². The van der Waals surface area contributed by atoms with Crippen molar-refractivity contribution in [3.8, 4) is 11.5 Å². The summed E-state index contributed by atoms with van der Waals surface area (Å²) in [4.78, 5) is 130. The molecule has 2 aromatic carbocycles. The highest BCUT2D eigenvalue weighted by Crippen LogP contribution is 2.43. The number of methoxy groups -OCH3 is 1. The molecule has 0 saturated heterocycles. The number of alkyl carbamates (subject to hydrolysis) is 1. The van der Waals surface area contributed by atoms with Crippen LogP contribution >= 0.6 is 0 Å². The Balaban J connectivity index is 1.46. The number of carbonyl (C=O) groups is 10. The van der Waals surface area contributed by atoms with Gasteiger partial charge in [0.25, 0.3) is 21.8 Å². The number of nitrogens with two attached hydrogens (primary N) is 1. The van der Waals surface area contributed by atoms with Crippen molar-refractivity contribution in [3.63, 3.8) is 0 Å². The predicted octanol–water partition coefficient (Wildman–Crippen LogP) is 1.22. The molecule has 2 aliphatic heterocycles. The summed E-state index contributed by atoms with van der Waals surface area (Å²) in [5.74, 6) is -4.96. The minimum atomic E-state index is -4.39. The van der Waals surface area contributed by atoms with Crippen LogP contribution in [0, 0.1) is 20.8 Å². The van der Waals surface area contributed by atoms with Crippen LogP contribution in [0.2, 0.25) is 0 Å². The van der Waals surface area contributed by atoms with Gasteiger partial charge in [0, 0.05) is 50.2 Å². The molecule has 0 aliphatic carbocycles. The van der Waals surface area contributed by atoms with Crippen molar-refractivity contribution in [1.29, 1.82) is 0 Å². The molecule has 26 nitrogen and oxygen atoms in total. The molecule has 2 aliphatic rings. The second-order valence-electron chi connectivity index (χ2n) is 20.7. The van der Waals surface area contributed by atoms with Gasteiger partial charge in [-0.25, -0.2) is 32.3 Å². The zero-order chi connectivity index (χ0) is 59.0. The maximum atomic E-state index is 14.1. The first-order chi connectivity index (χ1) is 36.9. The van der Waals surface area contributed by atoms with E-state index in [1.54, 1.807) is 41.5 Å². The van der Waals surface area contributed by atoms with Crippen molar-refractivity contribution in [2.45, 2.75) is 153 Å². The number of imide groups is 1. The molecule has 0 fully saturated rings. The van der Waals surface area contributed by atoms with E-state index in [4.69, 9.17) is 19.9 Å². The lowest BCUT2D eigenvalue weighted by Gasteiger charge is -2.26. The first-order valence-electron chi connectivity index (χ1n) is 25.6. The number of primary amides is 1. The SMILES string of the molecule is COC(=O)[C@H](Cc1ccc(O)cc1)NC(=O)[C@H](CCCCNC(=O)C(CCCNC(=O)NS(=O)(=O)c1c(C)c(C)c2c(c1C)CC(C)(C)O2)NC(=O)CN1C(=O)C=CC1=O)NC(=O)[C@H](CCCNC(N)=O)NC(=O)OC(C)(C)C. The van der Waals surface area contributed by atoms with Gasteiger partial charge in [0.2, 0.25) is 23.6 Å². The Morgan fingerprint density at radius 1 is 0.734 bits per heavy atom. The average molecular weight is 1130 g/mol. The third-order valence-electron chi connectivity index (χ3n) is 12.6. The van der Waals surface area contributed by atoms with Crippen LogP contribution in [-0.2, 0) is 65.9 Å². The molecule has 4 atom stereocenters. The number of sulfonamides is 1. The minimum absolute atomic E-state index is 0.0125. The maximum absolute atomic E-state index is 14.1. The summed E-state index contributed by atoms with van der Waals surface area (Å²) >= 11 is 0. The molecule has 0 radical (unpaired) electrons. The number of unbranched alkanes of at least 4 members (excludes halogenated alkanes) is 1. The van der Waals surface area contributed by atoms with E-state index in [2.05, 4.69) is 41.9 Å². The van der Waals surface area contributed by atoms with Gasteiger partial charge >= 0.3 is 24.1 Å². The summed E-state index contributed by atoms with van der Waals surface area (Å²) < 4.78 is 45.7. The molecule has 11 N–H and O–H groups in total. The smallest absolute Gasteiger partial charge is 0.408 e. The van der Waals surface area contributed by atoms with Gasteiger partial charge in [-0.3, -0.25) is 33.7 Å². The molecule has 434 valence electrons. The molecule has 11 amide bonds. The van der Waals surface area contributed by atoms with Crippen LogP contribution in [0.5, 0.6) is 11.5 Å². The fourth-order valence-electron chi connectivity index (χ4n) is 8.67. The third-order valence-corrected chi connectivity index (χ3v) is 14.2. The molecule has 0 bridgehead atoms. The van der Waals surface area contributed by atoms with Gasteiger partial charge in [-0.1, -0.05) is 12.1 Å². The predicted molar refractivity (Wildman–Crippen MR) is 284 cm³/mol. The van der Waals surface area contributed by atoms with E-state index in [1.165, 1.54) is 24.3 Å². The van der Waals surface area contributed by atoms with Crippen LogP contribution in [0.15, 0.2) is 41.3 Å². The molecule has 0 aromatic heterocycles. The first-order valence-corrected chi connectivity index (χ1v) is 27.1. The van der Waals surface area contributed by atoms with Gasteiger partial charge in [-0.05, 0) is 135 Å². The summed E-state index contributed by atoms with van der Waals surface area (Å²) in [7, 11) is -3.27. The average Bonchev–Trinajstić information content (AvgIpc) is 4.14. The standard InChI is InChI=1S/C52H74N10O16S/c1-29-30(2)43(31(3)34-27-52(7,8)77-42(29)34)79(74,75)61-49(72)56-25-13-15-35(57-39(64)28-62-40(65)21-22-41(62)66)44(67)54-23-11-10-14-36(45(68)59-38(47(70)76-9)26-32-17-19-33(63)20-18-32)58-46(69)37(16-12-24-55-48(53)71)60-50(73)78-51(4,5)6/h17-22,35-38,63H,10-16,23-28H2,1-9H3,(H,54,67)(H,57,64)(H,58,69)(H,59,68)(H,60,73)(H3,53,55,71)(H2,56,61,72)/t35?,36-,37-,38-/m0/s1. The number of hydrogen-bond donors (Lipinski definition) is 10. The second-order valence-corrected chi connectivity index (χ2v) is 22.3. The number of phenols is 1. The molecule has 2 aromatic rings. The van der Waals surface area contributed by atoms with Gasteiger partial charge in [0.15, 0.2) is 0 Å². The number of nitrogens with zero attached hydrogens (tertiary/aromatic N) is 1. The van der Waals surface area contributed by atoms with Gasteiger partial charge in [0.05, 0.1) is 12.0 Å². The van der Waals surface area contributed by atoms with Crippen LogP contribution in [0.25, 0.3) is 0 Å². The molecule has 27 heteroatoms. The zero-order valence-corrected chi connectivity index (χ0v) is 46.8. The third kappa shape index (κ3) is 19.5. The molecular weight excluding hydrogens is 1050 g/mol. The number of esters is 1. The lowest BCUT2D eigenvalue weighted by atomic mass is 9.94. The molecule has 4 rings (SSSR count). The monoisotopic (exact) mass is 1130 g/mol. The highest BCUT2D eigenvalue weighted by atomic mass is 32.2. The quantitative estimate of drug-likeness (QED) is 0.0342. The topological polar surface area (TPSA) is 378 Å². The number of phenolic OH excluding ortho intramolecular Hbond substituents is 1. The van der Waals surface area contributed by atoms with Crippen LogP contribution in [0.4, 0.5) is 14.4 Å². The number of hydrogen-bond acceptors (Lipinski definition) is 16. The summed E-state index contributed by atoms with van der Waals surface area (Å²) in [5.41, 5.74) is 6.44. The summed E-state index contributed by atoms with van der Waals surface area (Å²) in [6.45, 7) is 12.7. The lowest BCUT2D eigenvalue weighted by molar-refractivity contribution is -0.145. The second kappa shape index (κ2) is 28.1. The van der Waals surface area contributed by atoms with Crippen molar-refractivity contribution in [2.24, 2.45) is 5.73 Å². The fourth-order valence-corrected chi connectivity index (χ4v) is 10.2. The number of nitrogens with one attached hydrogen (secondary N) is 8. The largest absolute Gasteiger partial charge is 0.508 e. The number of ether oxygens (including phenoxy) is 3. The van der Waals surface area contributed by atoms with Crippen LogP contribution in [0.1, 0.15) is 107 Å². The summed E-state index contributed by atoms with van der Waals surface area (Å²) in [6, 6.07) is -1.25. The van der Waals surface area contributed by atoms with E-state index in [1.807, 2.05) is 13.8 Å². The Bertz CT molecular complexity index is 2760. The molecule has 0 saturated carbocycles. The first kappa shape index (κ1) is 63.6. The number of urea groups is 2. The minimum Gasteiger partial charge on any atom is -0.508 e. The van der Waals surface area contributed by atoms with Crippen molar-refractivity contribution < 1.29 is 75.7 Å². The highest BCUT2D eigenvalue weighted by molar-refractivity contribution is 7.90. The Labute approximate surface area is 458 Å². The number of carbonyl (C=O) groups excluding carboxylic acids is 10. The van der Waals surface area contributed by atoms with Crippen molar-refractivity contribution in [2.75, 3.05) is 33.3 Å². The Morgan fingerprint density at radius 3 is 1.86 bits per heavy atom. The number of fused-ring (bicyclic) bond motifs is 1. The number of benzene rings is 2. The van der Waals surface area contributed by atoms with Gasteiger partial charge in [-0.15, -0.1) is 0 Å². The van der Waals surface area contributed by atoms with E-state index in [0.29, 0.717) is 39.3 Å². The van der Waals surface area contributed by atoms with E-state index in [0.717, 1.165) is 24.8 Å². The maximum Gasteiger partial charge on any atom is 0.408 e. The van der Waals surface area contributed by atoms with Gasteiger partial charge < -0.3 is 62.3 Å².